The molecule has 3 atom stereocenters. The first-order chi connectivity index (χ1) is 43.5. The maximum Gasteiger partial charge on any atom is 0.129 e. The molecule has 0 aliphatic heterocycles. The van der Waals surface area contributed by atoms with E-state index in [1.165, 1.54) is 106 Å². The van der Waals surface area contributed by atoms with E-state index in [4.69, 9.17) is 8.75 Å². The average Bonchev–Trinajstić information content (AvgIpc) is 1.57. The minimum absolute atomic E-state index is 0.108. The summed E-state index contributed by atoms with van der Waals surface area (Å²) in [6, 6.07) is 75.7. The Bertz CT molecular complexity index is 4810. The van der Waals surface area contributed by atoms with Crippen molar-refractivity contribution in [2.24, 2.45) is 17.3 Å². The van der Waals surface area contributed by atoms with Gasteiger partial charge in [-0.25, -0.2) is 0 Å². The highest BCUT2D eigenvalue weighted by molar-refractivity contribution is 7.00. The van der Waals surface area contributed by atoms with Crippen molar-refractivity contribution in [1.82, 2.24) is 13.3 Å². The lowest BCUT2D eigenvalue weighted by Gasteiger charge is -2.33. The van der Waals surface area contributed by atoms with Crippen molar-refractivity contribution >= 4 is 72.8 Å². The van der Waals surface area contributed by atoms with Crippen LogP contribution in [0.5, 0.6) is 0 Å². The lowest BCUT2D eigenvalue weighted by atomic mass is 9.75. The molecule has 442 valence electrons. The fraction of sp³-hybridized carbons (Fsp3) is 0.202. The molecule has 0 bridgehead atoms. The molecule has 0 N–H and O–H groups in total. The second kappa shape index (κ2) is 23.0. The van der Waals surface area contributed by atoms with Gasteiger partial charge in [-0.05, 0) is 181 Å². The van der Waals surface area contributed by atoms with Gasteiger partial charge in [0.05, 0.1) is 40.1 Å². The van der Waals surface area contributed by atoms with Gasteiger partial charge in [0.1, 0.15) is 11.0 Å². The second-order valence-electron chi connectivity index (χ2n) is 27.5. The molecular formula is C84H75N5S. The highest BCUT2D eigenvalue weighted by Crippen LogP contribution is 2.47. The molecular weight excluding hydrogens is 1110 g/mol. The maximum absolute atomic E-state index is 9.48. The van der Waals surface area contributed by atoms with Gasteiger partial charge in [0.25, 0.3) is 0 Å². The Hall–Kier alpha value is -9.67. The fourth-order valence-corrected chi connectivity index (χ4v) is 14.5. The van der Waals surface area contributed by atoms with Crippen LogP contribution in [-0.4, -0.2) is 13.3 Å². The molecule has 0 amide bonds. The number of nitrogens with zero attached hydrogens (tertiary/aromatic N) is 5. The lowest BCUT2D eigenvalue weighted by Crippen LogP contribution is -2.24. The second-order valence-corrected chi connectivity index (χ2v) is 28.0. The standard InChI is InChI=1S/C84H75N5S/c1-54-49-68(83(6,7)8)35-39-72(54)63-25-23-62(24-26-63)65-32-43-78-76(52-65)75-51-64(61-21-19-58(20-22-61)59-27-33-66(34-28-59)82(3,4)5)31-42-77(75)89(78)71-38-40-73(55(2)50-71)74-41-44-79(81-80(74)86-90-87-81)88(70-45-47-84(9,48-46-70)67-13-11-10-12-14-67)69-36-29-60(30-37-69)57-17-15-56(53-85)16-18-57/h10-47,51-52,54-55H,48-50H2,1-9H3. The topological polar surface area (TPSA) is 57.7 Å². The first-order valence-electron chi connectivity index (χ1n) is 31.8. The number of anilines is 2. The third-order valence-electron chi connectivity index (χ3n) is 19.4. The Balaban J connectivity index is 0.831. The molecule has 14 rings (SSSR count). The molecule has 0 spiro atoms. The summed E-state index contributed by atoms with van der Waals surface area (Å²) in [5, 5.41) is 12.0. The minimum Gasteiger partial charge on any atom is -0.313 e. The molecule has 3 aliphatic carbocycles. The number of benzene rings is 9. The summed E-state index contributed by atoms with van der Waals surface area (Å²) in [6.45, 7) is 20.8. The van der Waals surface area contributed by atoms with E-state index in [0.29, 0.717) is 11.5 Å². The summed E-state index contributed by atoms with van der Waals surface area (Å²) in [5.74, 6) is 0.642. The number of hydrogen-bond acceptors (Lipinski definition) is 5. The molecule has 3 unspecified atom stereocenters. The Morgan fingerprint density at radius 2 is 1.06 bits per heavy atom. The van der Waals surface area contributed by atoms with Gasteiger partial charge in [0.15, 0.2) is 0 Å². The van der Waals surface area contributed by atoms with E-state index in [0.717, 1.165) is 64.1 Å². The molecule has 3 aliphatic rings. The van der Waals surface area contributed by atoms with Crippen LogP contribution in [0.3, 0.4) is 0 Å². The smallest absolute Gasteiger partial charge is 0.129 e. The van der Waals surface area contributed by atoms with E-state index in [-0.39, 0.29) is 22.2 Å². The van der Waals surface area contributed by atoms with Crippen molar-refractivity contribution in [2.75, 3.05) is 4.90 Å². The molecule has 0 saturated carbocycles. The molecule has 9 aromatic carbocycles. The van der Waals surface area contributed by atoms with Crippen LogP contribution < -0.4 is 4.90 Å². The molecule has 11 aromatic rings. The zero-order valence-corrected chi connectivity index (χ0v) is 53.8. The first-order valence-corrected chi connectivity index (χ1v) is 32.6. The van der Waals surface area contributed by atoms with Crippen molar-refractivity contribution in [2.45, 2.75) is 92.4 Å². The minimum atomic E-state index is -0.139. The van der Waals surface area contributed by atoms with Gasteiger partial charge >= 0.3 is 0 Å². The number of aromatic nitrogens is 3. The normalized spacial score (nSPS) is 17.8. The Morgan fingerprint density at radius 3 is 1.60 bits per heavy atom. The van der Waals surface area contributed by atoms with Crippen molar-refractivity contribution < 1.29 is 0 Å². The van der Waals surface area contributed by atoms with Crippen LogP contribution in [-0.2, 0) is 10.8 Å². The van der Waals surface area contributed by atoms with E-state index in [1.54, 1.807) is 0 Å². The molecule has 0 radical (unpaired) electrons. The molecule has 2 aromatic heterocycles. The summed E-state index contributed by atoms with van der Waals surface area (Å²) in [5.41, 5.74) is 28.0. The third-order valence-corrected chi connectivity index (χ3v) is 19.9. The van der Waals surface area contributed by atoms with Crippen molar-refractivity contribution in [3.63, 3.8) is 0 Å². The monoisotopic (exact) mass is 1190 g/mol. The highest BCUT2D eigenvalue weighted by atomic mass is 32.1. The SMILES string of the molecule is CC1CC(C(C)(C)C)=CC=C1c1ccc(-c2ccc3c(c2)c2cc(-c4ccc(-c5ccc(C(C)(C)C)cc5)cc4)ccc2n3C2=CC=C(c3ccc(N(C4=CCC(C)(c5ccccc5)C=C4)c4ccc(-c5ccc(C#N)cc5)cc4)c4nsnc34)C(C)C2)cc1. The van der Waals surface area contributed by atoms with E-state index < -0.39 is 0 Å². The number of allylic oxidation sites excluding steroid dienone is 11. The average molecular weight is 1190 g/mol. The summed E-state index contributed by atoms with van der Waals surface area (Å²) < 4.78 is 12.7. The van der Waals surface area contributed by atoms with Crippen LogP contribution in [0.4, 0.5) is 11.4 Å². The maximum atomic E-state index is 9.48. The molecule has 0 saturated heterocycles. The van der Waals surface area contributed by atoms with Gasteiger partial charge in [-0.15, -0.1) is 0 Å². The zero-order chi connectivity index (χ0) is 62.1. The summed E-state index contributed by atoms with van der Waals surface area (Å²) in [4.78, 5) is 2.35. The third kappa shape index (κ3) is 10.9. The van der Waals surface area contributed by atoms with Gasteiger partial charge in [-0.3, -0.25) is 0 Å². The first kappa shape index (κ1) is 58.0. The molecule has 90 heavy (non-hydrogen) atoms. The van der Waals surface area contributed by atoms with Crippen LogP contribution >= 0.6 is 11.7 Å². The van der Waals surface area contributed by atoms with Crippen LogP contribution in [0.25, 0.3) is 94.2 Å². The predicted octanol–water partition coefficient (Wildman–Crippen LogP) is 22.9. The molecule has 6 heteroatoms. The van der Waals surface area contributed by atoms with E-state index in [9.17, 15) is 5.26 Å². The van der Waals surface area contributed by atoms with E-state index >= 15 is 0 Å². The number of hydrogen-bond donors (Lipinski definition) is 0. The van der Waals surface area contributed by atoms with Crippen LogP contribution in [0.1, 0.15) is 109 Å². The van der Waals surface area contributed by atoms with Crippen LogP contribution in [0.2, 0.25) is 0 Å². The van der Waals surface area contributed by atoms with Gasteiger partial charge in [-0.2, -0.15) is 14.0 Å². The van der Waals surface area contributed by atoms with Crippen LogP contribution in [0, 0.1) is 28.6 Å². The molecule has 0 fully saturated rings. The van der Waals surface area contributed by atoms with E-state index in [1.807, 2.05) is 24.3 Å². The van der Waals surface area contributed by atoms with Crippen molar-refractivity contribution in [1.29, 1.82) is 5.26 Å². The quantitative estimate of drug-likeness (QED) is 0.129. The number of rotatable bonds is 11. The van der Waals surface area contributed by atoms with Gasteiger partial charge in [-0.1, -0.05) is 244 Å². The van der Waals surface area contributed by atoms with Gasteiger partial charge in [0, 0.05) is 38.8 Å². The fourth-order valence-electron chi connectivity index (χ4n) is 13.9. The van der Waals surface area contributed by atoms with E-state index in [2.05, 4.69) is 296 Å². The highest BCUT2D eigenvalue weighted by Gasteiger charge is 2.31. The number of nitriles is 1. The Kier molecular flexibility index (Phi) is 14.9. The molecule has 2 heterocycles. The summed E-state index contributed by atoms with van der Waals surface area (Å²) in [7, 11) is 0. The molecule has 5 nitrogen and oxygen atoms in total. The van der Waals surface area contributed by atoms with Gasteiger partial charge in [0.2, 0.25) is 0 Å². The van der Waals surface area contributed by atoms with Crippen molar-refractivity contribution in [3.8, 4) is 50.6 Å². The predicted molar refractivity (Wildman–Crippen MR) is 382 cm³/mol. The van der Waals surface area contributed by atoms with Crippen LogP contribution in [0.15, 0.2) is 254 Å². The Labute approximate surface area is 535 Å². The van der Waals surface area contributed by atoms with Crippen molar-refractivity contribution in [3.05, 3.63) is 282 Å². The Morgan fingerprint density at radius 1 is 0.533 bits per heavy atom. The summed E-state index contributed by atoms with van der Waals surface area (Å²) in [6.07, 6.45) is 19.2. The largest absolute Gasteiger partial charge is 0.313 e. The lowest BCUT2D eigenvalue weighted by molar-refractivity contribution is 0.464. The van der Waals surface area contributed by atoms with Gasteiger partial charge < -0.3 is 9.47 Å². The zero-order valence-electron chi connectivity index (χ0n) is 53.0. The number of fused-ring (bicyclic) bond motifs is 4. The summed E-state index contributed by atoms with van der Waals surface area (Å²) >= 11 is 1.28.